The third kappa shape index (κ3) is 4.75. The van der Waals surface area contributed by atoms with Gasteiger partial charge in [0.15, 0.2) is 5.13 Å². The Hall–Kier alpha value is -2.85. The Bertz CT molecular complexity index is 1100. The van der Waals surface area contributed by atoms with Gasteiger partial charge in [0.05, 0.1) is 11.9 Å². The van der Waals surface area contributed by atoms with Crippen molar-refractivity contribution in [3.63, 3.8) is 0 Å². The first kappa shape index (κ1) is 22.8. The topological polar surface area (TPSA) is 198 Å². The van der Waals surface area contributed by atoms with Crippen LogP contribution in [0.3, 0.4) is 0 Å². The fourth-order valence-electron chi connectivity index (χ4n) is 3.09. The summed E-state index contributed by atoms with van der Waals surface area (Å²) in [6.07, 6.45) is -0.189. The lowest BCUT2D eigenvalue weighted by Gasteiger charge is -2.50. The molecule has 1 aromatic heterocycles. The highest BCUT2D eigenvalue weighted by Crippen LogP contribution is 2.50. The Morgan fingerprint density at radius 3 is 2.61 bits per heavy atom. The van der Waals surface area contributed by atoms with Crippen molar-refractivity contribution in [2.75, 3.05) is 17.6 Å². The van der Waals surface area contributed by atoms with Gasteiger partial charge in [-0.1, -0.05) is 0 Å². The first-order valence-electron chi connectivity index (χ1n) is 8.46. The molecule has 168 valence electrons. The second-order valence-corrected chi connectivity index (χ2v) is 10.4. The maximum absolute atomic E-state index is 12.8. The molecule has 3 atom stereocenters. The summed E-state index contributed by atoms with van der Waals surface area (Å²) >= 11 is 2.04. The average molecular weight is 492 g/mol. The highest BCUT2D eigenvalue weighted by atomic mass is 32.2. The van der Waals surface area contributed by atoms with E-state index in [0.29, 0.717) is 0 Å². The maximum atomic E-state index is 12.8. The number of amides is 3. The van der Waals surface area contributed by atoms with E-state index in [1.54, 1.807) is 0 Å². The fourth-order valence-corrected chi connectivity index (χ4v) is 6.29. The van der Waals surface area contributed by atoms with Crippen molar-refractivity contribution in [1.82, 2.24) is 15.2 Å². The van der Waals surface area contributed by atoms with Crippen LogP contribution in [-0.2, 0) is 29.1 Å². The molecule has 0 radical (unpaired) electrons. The predicted octanol–water partition coefficient (Wildman–Crippen LogP) is -0.590. The number of fused-ring (bicyclic) bond motifs is 1. The molecule has 31 heavy (non-hydrogen) atoms. The van der Waals surface area contributed by atoms with E-state index < -0.39 is 62.9 Å². The Balaban J connectivity index is 1.96. The standard InChI is InChI=1S/C15H17N5O8S3/c1-5(21)17-10-6(3-28-14(16)25)9(13(23)24)20-11(22)8(12(20)30-10)7-4-29-15(18-7)19-31(2,26)27/h4,8,10,12H,3H2,1-2H3,(H2,16,25)(H,17,21)(H,18,19)(H,23,24)/t8?,10?,12-/m1/s1. The number of carbonyl (C=O) groups is 4. The van der Waals surface area contributed by atoms with E-state index >= 15 is 0 Å². The smallest absolute Gasteiger partial charge is 0.404 e. The van der Waals surface area contributed by atoms with Gasteiger partial charge in [0.2, 0.25) is 21.8 Å². The van der Waals surface area contributed by atoms with E-state index in [-0.39, 0.29) is 16.4 Å². The number of thiazole rings is 1. The second-order valence-electron chi connectivity index (χ2n) is 6.53. The fraction of sp³-hybridized carbons (Fsp3) is 0.400. The number of hydrogen-bond acceptors (Lipinski definition) is 10. The molecule has 3 amide bonds. The van der Waals surface area contributed by atoms with Gasteiger partial charge in [-0.15, -0.1) is 23.1 Å². The third-order valence-electron chi connectivity index (χ3n) is 4.20. The van der Waals surface area contributed by atoms with Crippen molar-refractivity contribution in [1.29, 1.82) is 0 Å². The number of β-lactam (4-membered cyclic amide) rings is 1. The van der Waals surface area contributed by atoms with Crippen molar-refractivity contribution >= 4 is 62.1 Å². The SMILES string of the molecule is CC(=O)NC1S[C@@H]2C(c3csc(NS(C)(=O)=O)n3)C(=O)N2C(C(=O)O)=C1COC(N)=O. The number of nitrogens with zero attached hydrogens (tertiary/aromatic N) is 2. The highest BCUT2D eigenvalue weighted by Gasteiger charge is 2.57. The Labute approximate surface area is 184 Å². The van der Waals surface area contributed by atoms with Crippen LogP contribution < -0.4 is 15.8 Å². The largest absolute Gasteiger partial charge is 0.477 e. The molecule has 1 aromatic rings. The number of nitrogens with one attached hydrogen (secondary N) is 2. The lowest BCUT2D eigenvalue weighted by molar-refractivity contribution is -0.148. The van der Waals surface area contributed by atoms with E-state index in [1.807, 2.05) is 0 Å². The molecular weight excluding hydrogens is 474 g/mol. The lowest BCUT2D eigenvalue weighted by Crippen LogP contribution is -2.62. The normalized spacial score (nSPS) is 23.0. The van der Waals surface area contributed by atoms with Crippen LogP contribution >= 0.6 is 23.1 Å². The van der Waals surface area contributed by atoms with Gasteiger partial charge in [-0.05, 0) is 0 Å². The molecule has 0 aromatic carbocycles. The Morgan fingerprint density at radius 2 is 2.06 bits per heavy atom. The molecule has 1 fully saturated rings. The van der Waals surface area contributed by atoms with Gasteiger partial charge in [0.1, 0.15) is 29.0 Å². The van der Waals surface area contributed by atoms with Gasteiger partial charge >= 0.3 is 12.1 Å². The molecule has 13 nitrogen and oxygen atoms in total. The summed E-state index contributed by atoms with van der Waals surface area (Å²) in [6.45, 7) is 0.697. The highest BCUT2D eigenvalue weighted by molar-refractivity contribution is 8.00. The number of rotatable bonds is 7. The number of aromatic nitrogens is 1. The summed E-state index contributed by atoms with van der Waals surface area (Å²) in [6, 6.07) is 0. The third-order valence-corrected chi connectivity index (χ3v) is 7.11. The van der Waals surface area contributed by atoms with Crippen molar-refractivity contribution in [3.05, 3.63) is 22.3 Å². The molecule has 0 bridgehead atoms. The monoisotopic (exact) mass is 491 g/mol. The molecule has 1 saturated heterocycles. The number of carboxylic acids is 1. The summed E-state index contributed by atoms with van der Waals surface area (Å²) in [5.41, 5.74) is 4.80. The zero-order valence-corrected chi connectivity index (χ0v) is 18.5. The number of ether oxygens (including phenoxy) is 1. The van der Waals surface area contributed by atoms with Crippen LogP contribution in [0.1, 0.15) is 18.5 Å². The molecular formula is C15H17N5O8S3. The molecule has 3 rings (SSSR count). The number of thioether (sulfide) groups is 1. The maximum Gasteiger partial charge on any atom is 0.404 e. The van der Waals surface area contributed by atoms with Crippen LogP contribution in [0.2, 0.25) is 0 Å². The van der Waals surface area contributed by atoms with Crippen LogP contribution in [-0.4, -0.2) is 70.9 Å². The Morgan fingerprint density at radius 1 is 1.39 bits per heavy atom. The van der Waals surface area contributed by atoms with Gasteiger partial charge in [-0.25, -0.2) is 23.0 Å². The summed E-state index contributed by atoms with van der Waals surface area (Å²) in [5, 5.41) is 12.2. The lowest BCUT2D eigenvalue weighted by atomic mass is 9.92. The number of sulfonamides is 1. The summed E-state index contributed by atoms with van der Waals surface area (Å²) in [4.78, 5) is 52.6. The van der Waals surface area contributed by atoms with Crippen LogP contribution in [0.4, 0.5) is 9.93 Å². The van der Waals surface area contributed by atoms with E-state index in [9.17, 15) is 32.7 Å². The van der Waals surface area contributed by atoms with Crippen molar-refractivity contribution in [2.45, 2.75) is 23.6 Å². The van der Waals surface area contributed by atoms with E-state index in [0.717, 1.165) is 34.3 Å². The molecule has 2 aliphatic rings. The van der Waals surface area contributed by atoms with Crippen LogP contribution in [0.15, 0.2) is 16.7 Å². The minimum atomic E-state index is -3.56. The Kier molecular flexibility index (Phi) is 6.15. The molecule has 16 heteroatoms. The number of primary amides is 1. The molecule has 2 unspecified atom stereocenters. The molecule has 3 heterocycles. The van der Waals surface area contributed by atoms with E-state index in [1.165, 1.54) is 12.3 Å². The molecule has 0 saturated carbocycles. The summed E-state index contributed by atoms with van der Waals surface area (Å²) < 4.78 is 29.7. The quantitative estimate of drug-likeness (QED) is 0.357. The number of nitrogens with two attached hydrogens (primary N) is 1. The van der Waals surface area contributed by atoms with Crippen LogP contribution in [0.25, 0.3) is 0 Å². The van der Waals surface area contributed by atoms with Gasteiger partial charge in [0, 0.05) is 17.9 Å². The first-order valence-corrected chi connectivity index (χ1v) is 12.2. The first-order chi connectivity index (χ1) is 14.4. The van der Waals surface area contributed by atoms with Gasteiger partial charge in [-0.2, -0.15) is 0 Å². The zero-order valence-electron chi connectivity index (χ0n) is 16.0. The van der Waals surface area contributed by atoms with Crippen molar-refractivity contribution in [2.24, 2.45) is 5.73 Å². The molecule has 0 spiro atoms. The number of hydrogen-bond donors (Lipinski definition) is 4. The van der Waals surface area contributed by atoms with Crippen molar-refractivity contribution < 1.29 is 37.4 Å². The molecule has 0 aliphatic carbocycles. The summed E-state index contributed by atoms with van der Waals surface area (Å²) in [5.74, 6) is -3.36. The number of carbonyl (C=O) groups excluding carboxylic acids is 3. The van der Waals surface area contributed by atoms with Gasteiger partial charge < -0.3 is 20.9 Å². The molecule has 2 aliphatic heterocycles. The van der Waals surface area contributed by atoms with E-state index in [4.69, 9.17) is 10.5 Å². The summed E-state index contributed by atoms with van der Waals surface area (Å²) in [7, 11) is -3.56. The predicted molar refractivity (Wildman–Crippen MR) is 109 cm³/mol. The molecule has 5 N–H and O–H groups in total. The second kappa shape index (κ2) is 8.35. The van der Waals surface area contributed by atoms with E-state index in [2.05, 4.69) is 15.0 Å². The minimum Gasteiger partial charge on any atom is -0.477 e. The average Bonchev–Trinajstić information content (AvgIpc) is 3.04. The minimum absolute atomic E-state index is 0.00717. The van der Waals surface area contributed by atoms with Crippen LogP contribution in [0, 0.1) is 0 Å². The van der Waals surface area contributed by atoms with Gasteiger partial charge in [-0.3, -0.25) is 19.2 Å². The van der Waals surface area contributed by atoms with Gasteiger partial charge in [0.25, 0.3) is 0 Å². The number of aliphatic carboxylic acids is 1. The number of carboxylic acid groups (broad SMARTS) is 1. The zero-order chi connectivity index (χ0) is 23.1. The van der Waals surface area contributed by atoms with Crippen molar-refractivity contribution in [3.8, 4) is 0 Å². The van der Waals surface area contributed by atoms with Crippen LogP contribution in [0.5, 0.6) is 0 Å². The number of anilines is 1.